The Morgan fingerprint density at radius 3 is 2.67 bits per heavy atom. The maximum absolute atomic E-state index is 15.0. The van der Waals surface area contributed by atoms with Gasteiger partial charge < -0.3 is 15.2 Å². The Bertz CT molecular complexity index is 1190. The quantitative estimate of drug-likeness (QED) is 0.540. The van der Waals surface area contributed by atoms with Gasteiger partial charge in [-0.25, -0.2) is 17.2 Å². The summed E-state index contributed by atoms with van der Waals surface area (Å²) in [5, 5.41) is 8.34. The van der Waals surface area contributed by atoms with E-state index in [0.29, 0.717) is 12.1 Å². The number of hydrogen-bond acceptors (Lipinski definition) is 6. The zero-order valence-corrected chi connectivity index (χ0v) is 19.3. The minimum absolute atomic E-state index is 0.0541. The molecule has 4 atom stereocenters. The van der Waals surface area contributed by atoms with Crippen LogP contribution in [0.25, 0.3) is 0 Å². The first-order valence-electron chi connectivity index (χ1n) is 10.9. The number of halogens is 2. The summed E-state index contributed by atoms with van der Waals surface area (Å²) in [6.07, 6.45) is 2.91. The van der Waals surface area contributed by atoms with Crippen molar-refractivity contribution < 1.29 is 21.7 Å². The van der Waals surface area contributed by atoms with Crippen LogP contribution in [0.1, 0.15) is 47.4 Å². The van der Waals surface area contributed by atoms with E-state index in [-0.39, 0.29) is 30.1 Å². The zero-order chi connectivity index (χ0) is 23.6. The number of hydrogen-bond donors (Lipinski definition) is 2. The topological polar surface area (TPSA) is 84.2 Å². The molecular formula is C24H27F2N3O3S. The summed E-state index contributed by atoms with van der Waals surface area (Å²) in [4.78, 5) is 0. The first kappa shape index (κ1) is 23.5. The van der Waals surface area contributed by atoms with E-state index < -0.39 is 38.0 Å². The van der Waals surface area contributed by atoms with Crippen LogP contribution in [0.15, 0.2) is 59.4 Å². The molecule has 4 rings (SSSR count). The fourth-order valence-corrected chi connectivity index (χ4v) is 6.67. The molecule has 0 bridgehead atoms. The van der Waals surface area contributed by atoms with E-state index in [1.165, 1.54) is 6.26 Å². The predicted molar refractivity (Wildman–Crippen MR) is 121 cm³/mol. The molecule has 0 radical (unpaired) electrons. The fraction of sp³-hybridized carbons (Fsp3) is 0.375. The molecule has 2 heterocycles. The molecular weight excluding hydrogens is 448 g/mol. The first-order valence-corrected chi connectivity index (χ1v) is 12.5. The third-order valence-corrected chi connectivity index (χ3v) is 8.97. The Kier molecular flexibility index (Phi) is 6.92. The average Bonchev–Trinajstić information content (AvgIpc) is 3.31. The highest BCUT2D eigenvalue weighted by Crippen LogP contribution is 2.33. The number of sulfone groups is 1. The highest BCUT2D eigenvalue weighted by Gasteiger charge is 2.42. The van der Waals surface area contributed by atoms with E-state index >= 15 is 4.39 Å². The lowest BCUT2D eigenvalue weighted by Gasteiger charge is -2.35. The molecule has 2 N–H and O–H groups in total. The Balaban J connectivity index is 1.54. The number of benzene rings is 2. The third-order valence-electron chi connectivity index (χ3n) is 6.32. The van der Waals surface area contributed by atoms with Gasteiger partial charge in [0, 0.05) is 36.3 Å². The summed E-state index contributed by atoms with van der Waals surface area (Å²) in [6, 6.07) is 10.4. The monoisotopic (exact) mass is 475 g/mol. The maximum Gasteiger partial charge on any atom is 0.163 e. The summed E-state index contributed by atoms with van der Waals surface area (Å²) < 4.78 is 61.6. The summed E-state index contributed by atoms with van der Waals surface area (Å²) in [5.41, 5.74) is 1.71. The van der Waals surface area contributed by atoms with Crippen LogP contribution >= 0.6 is 0 Å². The van der Waals surface area contributed by atoms with Gasteiger partial charge in [-0.15, -0.1) is 0 Å². The SMILES string of the molecule is CC(NCc1cnoc1)c1cc(F)c(CC2[C@H](C)NC[C@@H](c3ccccc3)S2(=O)=O)cc1F. The van der Waals surface area contributed by atoms with Gasteiger partial charge in [-0.05, 0) is 43.5 Å². The van der Waals surface area contributed by atoms with Crippen molar-refractivity contribution in [1.82, 2.24) is 15.8 Å². The van der Waals surface area contributed by atoms with Gasteiger partial charge in [0.15, 0.2) is 9.84 Å². The van der Waals surface area contributed by atoms with Gasteiger partial charge in [-0.1, -0.05) is 35.5 Å². The van der Waals surface area contributed by atoms with Crippen LogP contribution in [0, 0.1) is 11.6 Å². The van der Waals surface area contributed by atoms with Crippen LogP contribution in [0.3, 0.4) is 0 Å². The number of nitrogens with zero attached hydrogens (tertiary/aromatic N) is 1. The molecule has 9 heteroatoms. The second-order valence-corrected chi connectivity index (χ2v) is 10.9. The van der Waals surface area contributed by atoms with Gasteiger partial charge in [0.25, 0.3) is 0 Å². The Labute approximate surface area is 192 Å². The van der Waals surface area contributed by atoms with Gasteiger partial charge in [-0.3, -0.25) is 0 Å². The molecule has 3 aromatic rings. The molecule has 1 fully saturated rings. The van der Waals surface area contributed by atoms with Crippen LogP contribution in [0.5, 0.6) is 0 Å². The van der Waals surface area contributed by atoms with Crippen molar-refractivity contribution in [3.8, 4) is 0 Å². The minimum Gasteiger partial charge on any atom is -0.364 e. The van der Waals surface area contributed by atoms with Crippen LogP contribution in [-0.2, 0) is 22.8 Å². The third kappa shape index (κ3) is 5.00. The van der Waals surface area contributed by atoms with Crippen molar-refractivity contribution in [3.05, 3.63) is 88.8 Å². The van der Waals surface area contributed by atoms with E-state index in [2.05, 4.69) is 15.8 Å². The molecule has 2 aromatic carbocycles. The molecule has 1 aliphatic heterocycles. The maximum atomic E-state index is 15.0. The first-order chi connectivity index (χ1) is 15.8. The smallest absolute Gasteiger partial charge is 0.163 e. The fourth-order valence-electron chi connectivity index (χ4n) is 4.31. The lowest BCUT2D eigenvalue weighted by atomic mass is 9.99. The van der Waals surface area contributed by atoms with Crippen LogP contribution in [0.2, 0.25) is 0 Å². The molecule has 1 aliphatic rings. The molecule has 6 nitrogen and oxygen atoms in total. The summed E-state index contributed by atoms with van der Waals surface area (Å²) in [7, 11) is -3.63. The second-order valence-electron chi connectivity index (χ2n) is 8.53. The standard InChI is InChI=1S/C24H27F2N3O3S/c1-15(27-11-17-12-29-32-14-17)20-10-21(25)19(8-22(20)26)9-23-16(2)28-13-24(33(23,30)31)18-6-4-3-5-7-18/h3-8,10,12,14-16,23-24,27-28H,9,11,13H2,1-2H3/t15?,16-,23?,24-/m0/s1. The normalized spacial score (nSPS) is 23.3. The minimum atomic E-state index is -3.63. The zero-order valence-electron chi connectivity index (χ0n) is 18.5. The molecule has 33 heavy (non-hydrogen) atoms. The molecule has 0 amide bonds. The van der Waals surface area contributed by atoms with Crippen LogP contribution in [-0.4, -0.2) is 31.4 Å². The lowest BCUT2D eigenvalue weighted by molar-refractivity contribution is 0.418. The van der Waals surface area contributed by atoms with Gasteiger partial charge in [-0.2, -0.15) is 0 Å². The highest BCUT2D eigenvalue weighted by molar-refractivity contribution is 7.92. The number of rotatable bonds is 7. The van der Waals surface area contributed by atoms with Crippen molar-refractivity contribution in [2.45, 2.75) is 49.4 Å². The van der Waals surface area contributed by atoms with Crippen LogP contribution < -0.4 is 10.6 Å². The Morgan fingerprint density at radius 2 is 1.97 bits per heavy atom. The largest absolute Gasteiger partial charge is 0.364 e. The summed E-state index contributed by atoms with van der Waals surface area (Å²) >= 11 is 0. The van der Waals surface area contributed by atoms with Gasteiger partial charge in [0.2, 0.25) is 0 Å². The summed E-state index contributed by atoms with van der Waals surface area (Å²) in [6.45, 7) is 4.17. The molecule has 1 saturated heterocycles. The van der Waals surface area contributed by atoms with Gasteiger partial charge in [0.05, 0.1) is 16.7 Å². The van der Waals surface area contributed by atoms with Crippen molar-refractivity contribution in [2.24, 2.45) is 0 Å². The van der Waals surface area contributed by atoms with Gasteiger partial charge in [0.1, 0.15) is 17.9 Å². The van der Waals surface area contributed by atoms with E-state index in [4.69, 9.17) is 4.52 Å². The molecule has 176 valence electrons. The van der Waals surface area contributed by atoms with Crippen molar-refractivity contribution in [1.29, 1.82) is 0 Å². The number of aromatic nitrogens is 1. The van der Waals surface area contributed by atoms with E-state index in [9.17, 15) is 12.8 Å². The second kappa shape index (κ2) is 9.70. The van der Waals surface area contributed by atoms with Crippen molar-refractivity contribution in [3.63, 3.8) is 0 Å². The summed E-state index contributed by atoms with van der Waals surface area (Å²) in [5.74, 6) is -1.19. The average molecular weight is 476 g/mol. The molecule has 2 unspecified atom stereocenters. The van der Waals surface area contributed by atoms with Crippen LogP contribution in [0.4, 0.5) is 8.78 Å². The molecule has 0 aliphatic carbocycles. The molecule has 0 spiro atoms. The van der Waals surface area contributed by atoms with Crippen molar-refractivity contribution in [2.75, 3.05) is 6.54 Å². The Hall–Kier alpha value is -2.62. The predicted octanol–water partition coefficient (Wildman–Crippen LogP) is 3.86. The molecule has 0 saturated carbocycles. The Morgan fingerprint density at radius 1 is 1.21 bits per heavy atom. The van der Waals surface area contributed by atoms with Gasteiger partial charge >= 0.3 is 0 Å². The molecule has 1 aromatic heterocycles. The highest BCUT2D eigenvalue weighted by atomic mass is 32.2. The van der Waals surface area contributed by atoms with E-state index in [0.717, 1.165) is 17.7 Å². The van der Waals surface area contributed by atoms with E-state index in [1.807, 2.05) is 6.07 Å². The van der Waals surface area contributed by atoms with Crippen molar-refractivity contribution >= 4 is 9.84 Å². The number of nitrogens with one attached hydrogen (secondary N) is 2. The lowest BCUT2D eigenvalue weighted by Crippen LogP contribution is -2.53. The van der Waals surface area contributed by atoms with E-state index in [1.54, 1.807) is 44.3 Å².